The largest absolute Gasteiger partial charge is 0.496 e. The number of ether oxygens (including phenoxy) is 2. The average molecular weight is 479 g/mol. The van der Waals surface area contributed by atoms with Gasteiger partial charge in [0.15, 0.2) is 5.69 Å². The Morgan fingerprint density at radius 1 is 1.15 bits per heavy atom. The molecule has 1 aliphatic rings. The van der Waals surface area contributed by atoms with Crippen LogP contribution in [0.4, 0.5) is 5.69 Å². The number of amides is 1. The van der Waals surface area contributed by atoms with E-state index >= 15 is 0 Å². The van der Waals surface area contributed by atoms with Crippen LogP contribution >= 0.6 is 11.8 Å². The van der Waals surface area contributed by atoms with Crippen LogP contribution in [0.15, 0.2) is 47.6 Å². The zero-order valence-electron chi connectivity index (χ0n) is 20.1. The highest BCUT2D eigenvalue weighted by molar-refractivity contribution is 7.99. The number of aromatic nitrogens is 3. The second-order valence-electron chi connectivity index (χ2n) is 8.26. The minimum absolute atomic E-state index is 0.141. The average Bonchev–Trinajstić information content (AvgIpc) is 2.98. The molecule has 3 aromatic rings. The molecule has 8 heteroatoms. The van der Waals surface area contributed by atoms with Crippen molar-refractivity contribution in [2.45, 2.75) is 57.8 Å². The molecule has 2 aromatic carbocycles. The van der Waals surface area contributed by atoms with Gasteiger partial charge in [-0.3, -0.25) is 9.69 Å². The summed E-state index contributed by atoms with van der Waals surface area (Å²) < 4.78 is 11.9. The summed E-state index contributed by atoms with van der Waals surface area (Å²) in [4.78, 5) is 19.3. The Hall–Kier alpha value is -3.13. The number of unbranched alkanes of at least 4 members (excludes halogenated alkanes) is 3. The summed E-state index contributed by atoms with van der Waals surface area (Å²) in [5.41, 5.74) is 3.78. The molecule has 0 saturated carbocycles. The van der Waals surface area contributed by atoms with Crippen molar-refractivity contribution in [1.82, 2.24) is 15.2 Å². The smallest absolute Gasteiger partial charge is 0.247 e. The maximum absolute atomic E-state index is 12.9. The van der Waals surface area contributed by atoms with Crippen LogP contribution in [0.1, 0.15) is 56.9 Å². The minimum Gasteiger partial charge on any atom is -0.496 e. The fourth-order valence-electron chi connectivity index (χ4n) is 4.08. The van der Waals surface area contributed by atoms with Gasteiger partial charge in [-0.05, 0) is 43.2 Å². The molecule has 0 unspecified atom stereocenters. The number of methoxy groups -OCH3 is 1. The minimum atomic E-state index is -0.705. The molecule has 0 aliphatic carbocycles. The van der Waals surface area contributed by atoms with Gasteiger partial charge in [0.1, 0.15) is 5.75 Å². The van der Waals surface area contributed by atoms with Gasteiger partial charge in [-0.15, -0.1) is 10.2 Å². The lowest BCUT2D eigenvalue weighted by Gasteiger charge is -2.30. The predicted molar refractivity (Wildman–Crippen MR) is 134 cm³/mol. The van der Waals surface area contributed by atoms with Crippen LogP contribution in [0.5, 0.6) is 11.6 Å². The molecule has 34 heavy (non-hydrogen) atoms. The van der Waals surface area contributed by atoms with Gasteiger partial charge in [-0.25, -0.2) is 0 Å². The number of hydrogen-bond acceptors (Lipinski definition) is 7. The van der Waals surface area contributed by atoms with Gasteiger partial charge in [0.25, 0.3) is 0 Å². The molecule has 0 N–H and O–H groups in total. The van der Waals surface area contributed by atoms with Crippen LogP contribution in [-0.4, -0.2) is 34.0 Å². The maximum atomic E-state index is 12.9. The lowest BCUT2D eigenvalue weighted by atomic mass is 10.1. The second-order valence-corrected chi connectivity index (χ2v) is 9.32. The van der Waals surface area contributed by atoms with Gasteiger partial charge in [0.2, 0.25) is 23.2 Å². The normalized spacial score (nSPS) is 14.6. The van der Waals surface area contributed by atoms with Crippen molar-refractivity contribution in [1.29, 1.82) is 0 Å². The van der Waals surface area contributed by atoms with Crippen molar-refractivity contribution < 1.29 is 14.3 Å². The summed E-state index contributed by atoms with van der Waals surface area (Å²) in [6, 6.07) is 13.4. The van der Waals surface area contributed by atoms with Crippen LogP contribution in [0.3, 0.4) is 0 Å². The fraction of sp³-hybridized carbons (Fsp3) is 0.385. The number of para-hydroxylation sites is 1. The number of anilines is 1. The van der Waals surface area contributed by atoms with E-state index in [-0.39, 0.29) is 5.91 Å². The van der Waals surface area contributed by atoms with Gasteiger partial charge < -0.3 is 9.47 Å². The van der Waals surface area contributed by atoms with Crippen molar-refractivity contribution in [3.8, 4) is 22.9 Å². The Labute approximate surface area is 204 Å². The molecule has 0 fully saturated rings. The van der Waals surface area contributed by atoms with Gasteiger partial charge in [-0.2, -0.15) is 4.98 Å². The van der Waals surface area contributed by atoms with E-state index in [0.29, 0.717) is 22.4 Å². The zero-order valence-corrected chi connectivity index (χ0v) is 20.9. The topological polar surface area (TPSA) is 77.4 Å². The Morgan fingerprint density at radius 3 is 2.71 bits per heavy atom. The number of aryl methyl sites for hydroxylation is 1. The van der Waals surface area contributed by atoms with Crippen LogP contribution in [-0.2, 0) is 4.79 Å². The van der Waals surface area contributed by atoms with Crippen molar-refractivity contribution in [3.05, 3.63) is 53.6 Å². The zero-order chi connectivity index (χ0) is 24.1. The van der Waals surface area contributed by atoms with Crippen molar-refractivity contribution >= 4 is 23.4 Å². The number of carbonyl (C=O) groups is 1. The van der Waals surface area contributed by atoms with E-state index in [1.54, 1.807) is 23.8 Å². The first kappa shape index (κ1) is 24.0. The molecule has 1 amide bonds. The third-order valence-corrected chi connectivity index (χ3v) is 6.71. The van der Waals surface area contributed by atoms with Crippen LogP contribution < -0.4 is 14.4 Å². The number of carbonyl (C=O) groups excluding carboxylic acids is 1. The molecule has 1 atom stereocenters. The SMILES string of the molecule is CCCCCCSc1nnc2c(n1)O[C@@H](c1ccc(OC)c(C)c1)N(C(C)=O)c1ccccc1-2. The lowest BCUT2D eigenvalue weighted by Crippen LogP contribution is -2.36. The first-order valence-electron chi connectivity index (χ1n) is 11.6. The summed E-state index contributed by atoms with van der Waals surface area (Å²) in [6.45, 7) is 5.71. The molecule has 1 aliphatic heterocycles. The summed E-state index contributed by atoms with van der Waals surface area (Å²) in [7, 11) is 1.64. The molecule has 0 bridgehead atoms. The number of nitrogens with zero attached hydrogens (tertiary/aromatic N) is 4. The molecular formula is C26H30N4O3S. The molecule has 2 heterocycles. The molecular weight excluding hydrogens is 448 g/mol. The van der Waals surface area contributed by atoms with Crippen molar-refractivity contribution in [3.63, 3.8) is 0 Å². The maximum Gasteiger partial charge on any atom is 0.247 e. The Morgan fingerprint density at radius 2 is 1.97 bits per heavy atom. The molecule has 4 rings (SSSR count). The van der Waals surface area contributed by atoms with Crippen LogP contribution in [0, 0.1) is 6.92 Å². The molecule has 0 saturated heterocycles. The molecule has 1 aromatic heterocycles. The summed E-state index contributed by atoms with van der Waals surface area (Å²) in [5.74, 6) is 1.94. The Bertz CT molecular complexity index is 1170. The quantitative estimate of drug-likeness (QED) is 0.291. The highest BCUT2D eigenvalue weighted by Gasteiger charge is 2.34. The highest BCUT2D eigenvalue weighted by Crippen LogP contribution is 2.43. The fourth-order valence-corrected chi connectivity index (χ4v) is 4.86. The summed E-state index contributed by atoms with van der Waals surface area (Å²) in [5, 5.41) is 9.42. The molecule has 178 valence electrons. The lowest BCUT2D eigenvalue weighted by molar-refractivity contribution is -0.118. The Balaban J connectivity index is 1.75. The molecule has 7 nitrogen and oxygen atoms in total. The standard InChI is InChI=1S/C26H30N4O3S/c1-5-6-7-10-15-34-26-27-24-23(28-29-26)20-11-8-9-12-21(20)30(18(3)31)25(33-24)19-13-14-22(32-4)17(2)16-19/h8-9,11-14,16,25H,5-7,10,15H2,1-4H3/t25-/m0/s1. The number of hydrogen-bond donors (Lipinski definition) is 0. The van der Waals surface area contributed by atoms with Crippen LogP contribution in [0.25, 0.3) is 11.3 Å². The van der Waals surface area contributed by atoms with Gasteiger partial charge >= 0.3 is 0 Å². The molecule has 0 radical (unpaired) electrons. The first-order valence-corrected chi connectivity index (χ1v) is 12.6. The third kappa shape index (κ3) is 5.01. The van der Waals surface area contributed by atoms with Crippen LogP contribution in [0.2, 0.25) is 0 Å². The van der Waals surface area contributed by atoms with E-state index < -0.39 is 6.23 Å². The number of thioether (sulfide) groups is 1. The number of fused-ring (bicyclic) bond motifs is 3. The van der Waals surface area contributed by atoms with Crippen molar-refractivity contribution in [2.24, 2.45) is 0 Å². The van der Waals surface area contributed by atoms with Gasteiger partial charge in [-0.1, -0.05) is 56.1 Å². The summed E-state index contributed by atoms with van der Waals surface area (Å²) in [6.07, 6.45) is 4.03. The second kappa shape index (κ2) is 10.9. The Kier molecular flexibility index (Phi) is 7.67. The first-order chi connectivity index (χ1) is 16.5. The van der Waals surface area contributed by atoms with E-state index in [1.807, 2.05) is 49.4 Å². The predicted octanol–water partition coefficient (Wildman–Crippen LogP) is 5.97. The molecule has 0 spiro atoms. The van der Waals surface area contributed by atoms with Crippen molar-refractivity contribution in [2.75, 3.05) is 17.8 Å². The summed E-state index contributed by atoms with van der Waals surface area (Å²) >= 11 is 1.58. The van der Waals surface area contributed by atoms with E-state index in [9.17, 15) is 4.79 Å². The highest BCUT2D eigenvalue weighted by atomic mass is 32.2. The number of benzene rings is 2. The number of rotatable bonds is 8. The van der Waals surface area contributed by atoms with E-state index in [2.05, 4.69) is 17.1 Å². The van der Waals surface area contributed by atoms with Gasteiger partial charge in [0, 0.05) is 23.8 Å². The van der Waals surface area contributed by atoms with E-state index in [1.165, 1.54) is 26.2 Å². The monoisotopic (exact) mass is 478 g/mol. The third-order valence-electron chi connectivity index (χ3n) is 5.78. The van der Waals surface area contributed by atoms with E-state index in [4.69, 9.17) is 14.5 Å². The van der Waals surface area contributed by atoms with Gasteiger partial charge in [0.05, 0.1) is 12.8 Å². The van der Waals surface area contributed by atoms with E-state index in [0.717, 1.165) is 34.6 Å².